The van der Waals surface area contributed by atoms with Crippen LogP contribution >= 0.6 is 23.4 Å². The van der Waals surface area contributed by atoms with Gasteiger partial charge in [0.25, 0.3) is 0 Å². The zero-order valence-electron chi connectivity index (χ0n) is 11.7. The Labute approximate surface area is 130 Å². The van der Waals surface area contributed by atoms with Crippen LogP contribution in [0.15, 0.2) is 23.1 Å². The molecule has 0 saturated heterocycles. The Balaban J connectivity index is 2.83. The maximum atomic E-state index is 12.3. The van der Waals surface area contributed by atoms with Gasteiger partial charge in [0.05, 0.1) is 5.02 Å². The van der Waals surface area contributed by atoms with Gasteiger partial charge in [0.15, 0.2) is 0 Å². The van der Waals surface area contributed by atoms with E-state index in [2.05, 4.69) is 11.6 Å². The van der Waals surface area contributed by atoms with Crippen molar-refractivity contribution in [1.82, 2.24) is 4.72 Å². The third-order valence-electron chi connectivity index (χ3n) is 2.78. The predicted molar refractivity (Wildman–Crippen MR) is 86.7 cm³/mol. The quantitative estimate of drug-likeness (QED) is 0.716. The molecule has 1 aromatic carbocycles. The molecule has 0 aliphatic heterocycles. The Morgan fingerprint density at radius 2 is 2.15 bits per heavy atom. The summed E-state index contributed by atoms with van der Waals surface area (Å²) in [6, 6.07) is 4.69. The second-order valence-corrected chi connectivity index (χ2v) is 7.96. The van der Waals surface area contributed by atoms with Crippen molar-refractivity contribution < 1.29 is 8.42 Å². The average molecular weight is 337 g/mol. The summed E-state index contributed by atoms with van der Waals surface area (Å²) >= 11 is 7.77. The largest absolute Gasteiger partial charge is 0.326 e. The van der Waals surface area contributed by atoms with E-state index < -0.39 is 10.0 Å². The minimum absolute atomic E-state index is 0.0945. The fraction of sp³-hybridized carbons (Fsp3) is 0.538. The lowest BCUT2D eigenvalue weighted by Crippen LogP contribution is -2.33. The smallest absolute Gasteiger partial charge is 0.242 e. The van der Waals surface area contributed by atoms with Crippen molar-refractivity contribution >= 4 is 33.4 Å². The summed E-state index contributed by atoms with van der Waals surface area (Å²) in [6.07, 6.45) is 0.784. The molecule has 0 saturated carbocycles. The number of hydrogen-bond donors (Lipinski definition) is 2. The average Bonchev–Trinajstić information content (AvgIpc) is 2.38. The normalized spacial score (nSPS) is 13.4. The van der Waals surface area contributed by atoms with E-state index in [1.807, 2.05) is 6.92 Å². The van der Waals surface area contributed by atoms with Crippen LogP contribution in [0.3, 0.4) is 0 Å². The van der Waals surface area contributed by atoms with Crippen molar-refractivity contribution in [1.29, 1.82) is 0 Å². The lowest BCUT2D eigenvalue weighted by atomic mass is 10.2. The van der Waals surface area contributed by atoms with Gasteiger partial charge in [-0.1, -0.05) is 24.6 Å². The summed E-state index contributed by atoms with van der Waals surface area (Å²) in [5.41, 5.74) is 6.27. The van der Waals surface area contributed by atoms with Crippen molar-refractivity contribution in [3.05, 3.63) is 28.8 Å². The molecule has 0 aliphatic carbocycles. The van der Waals surface area contributed by atoms with Crippen LogP contribution in [-0.2, 0) is 16.6 Å². The molecule has 0 fully saturated rings. The number of thioether (sulfide) groups is 1. The van der Waals surface area contributed by atoms with Crippen molar-refractivity contribution in [3.63, 3.8) is 0 Å². The summed E-state index contributed by atoms with van der Waals surface area (Å²) < 4.78 is 27.3. The van der Waals surface area contributed by atoms with Crippen LogP contribution in [0.1, 0.15) is 25.8 Å². The molecule has 0 radical (unpaired) electrons. The van der Waals surface area contributed by atoms with E-state index in [0.29, 0.717) is 0 Å². The van der Waals surface area contributed by atoms with Crippen molar-refractivity contribution in [2.75, 3.05) is 11.5 Å². The van der Waals surface area contributed by atoms with Gasteiger partial charge in [0, 0.05) is 12.6 Å². The first kappa shape index (κ1) is 17.8. The lowest BCUT2D eigenvalue weighted by molar-refractivity contribution is 0.557. The van der Waals surface area contributed by atoms with Crippen LogP contribution < -0.4 is 10.5 Å². The first-order valence-corrected chi connectivity index (χ1v) is 9.50. The molecule has 0 spiro atoms. The van der Waals surface area contributed by atoms with E-state index >= 15 is 0 Å². The standard InChI is InChI=1S/C13H21ClN2O2S2/c1-3-19-7-6-10(2)16-20(17,18)13-8-11(9-15)4-5-12(13)14/h4-5,8,10,16H,3,6-7,9,15H2,1-2H3. The second-order valence-electron chi connectivity index (χ2n) is 4.48. The molecule has 0 bridgehead atoms. The molecule has 0 aromatic heterocycles. The molecule has 0 heterocycles. The van der Waals surface area contributed by atoms with Gasteiger partial charge in [-0.25, -0.2) is 13.1 Å². The molecule has 3 N–H and O–H groups in total. The Kier molecular flexibility index (Phi) is 7.33. The van der Waals surface area contributed by atoms with Crippen molar-refractivity contribution in [2.45, 2.75) is 37.8 Å². The highest BCUT2D eigenvalue weighted by Gasteiger charge is 2.20. The first-order valence-electron chi connectivity index (χ1n) is 6.49. The number of sulfonamides is 1. The topological polar surface area (TPSA) is 72.2 Å². The number of benzene rings is 1. The van der Waals surface area contributed by atoms with E-state index in [1.165, 1.54) is 6.07 Å². The van der Waals surface area contributed by atoms with Gasteiger partial charge in [-0.15, -0.1) is 0 Å². The monoisotopic (exact) mass is 336 g/mol. The molecule has 7 heteroatoms. The number of halogens is 1. The van der Waals surface area contributed by atoms with Crippen molar-refractivity contribution in [2.24, 2.45) is 5.73 Å². The Morgan fingerprint density at radius 3 is 2.75 bits per heavy atom. The molecule has 114 valence electrons. The molecule has 20 heavy (non-hydrogen) atoms. The summed E-state index contributed by atoms with van der Waals surface area (Å²) in [5, 5.41) is 0.213. The molecule has 0 aliphatic rings. The molecule has 1 aromatic rings. The van der Waals surface area contributed by atoms with Crippen LogP contribution in [0.2, 0.25) is 5.02 Å². The summed E-state index contributed by atoms with van der Waals surface area (Å²) in [5.74, 6) is 1.96. The van der Waals surface area contributed by atoms with E-state index in [1.54, 1.807) is 23.9 Å². The van der Waals surface area contributed by atoms with Gasteiger partial charge >= 0.3 is 0 Å². The molecule has 4 nitrogen and oxygen atoms in total. The second kappa shape index (κ2) is 8.24. The first-order chi connectivity index (χ1) is 9.40. The number of nitrogens with one attached hydrogen (secondary N) is 1. The van der Waals surface area contributed by atoms with Crippen molar-refractivity contribution in [3.8, 4) is 0 Å². The lowest BCUT2D eigenvalue weighted by Gasteiger charge is -2.15. The molecule has 1 unspecified atom stereocenters. The third kappa shape index (κ3) is 5.26. The summed E-state index contributed by atoms with van der Waals surface area (Å²) in [4.78, 5) is 0.0945. The Bertz CT molecular complexity index is 535. The van der Waals surface area contributed by atoms with Crippen LogP contribution in [0.4, 0.5) is 0 Å². The highest BCUT2D eigenvalue weighted by atomic mass is 35.5. The Hall–Kier alpha value is -0.270. The summed E-state index contributed by atoms with van der Waals surface area (Å²) in [7, 11) is -3.61. The fourth-order valence-corrected chi connectivity index (χ4v) is 4.31. The number of rotatable bonds is 8. The van der Waals surface area contributed by atoms with Gasteiger partial charge in [0.1, 0.15) is 4.90 Å². The fourth-order valence-electron chi connectivity index (χ4n) is 1.67. The van der Waals surface area contributed by atoms with Gasteiger partial charge in [-0.05, 0) is 42.5 Å². The van der Waals surface area contributed by atoms with Gasteiger partial charge in [0.2, 0.25) is 10.0 Å². The van der Waals surface area contributed by atoms with Gasteiger partial charge in [-0.2, -0.15) is 11.8 Å². The maximum absolute atomic E-state index is 12.3. The van der Waals surface area contributed by atoms with Gasteiger partial charge < -0.3 is 5.73 Å². The van der Waals surface area contributed by atoms with Crippen LogP contribution in [0.5, 0.6) is 0 Å². The van der Waals surface area contributed by atoms with Crippen LogP contribution in [-0.4, -0.2) is 26.0 Å². The predicted octanol–water partition coefficient (Wildman–Crippen LogP) is 2.61. The molecule has 0 amide bonds. The molecule has 1 rings (SSSR count). The van der Waals surface area contributed by atoms with E-state index in [0.717, 1.165) is 23.5 Å². The van der Waals surface area contributed by atoms with E-state index in [-0.39, 0.29) is 22.5 Å². The van der Waals surface area contributed by atoms with Crippen LogP contribution in [0.25, 0.3) is 0 Å². The highest BCUT2D eigenvalue weighted by molar-refractivity contribution is 7.99. The number of hydrogen-bond acceptors (Lipinski definition) is 4. The zero-order chi connectivity index (χ0) is 15.2. The molecular weight excluding hydrogens is 316 g/mol. The van der Waals surface area contributed by atoms with Gasteiger partial charge in [-0.3, -0.25) is 0 Å². The maximum Gasteiger partial charge on any atom is 0.242 e. The third-order valence-corrected chi connectivity index (χ3v) is 5.78. The number of nitrogens with two attached hydrogens (primary N) is 1. The van der Waals surface area contributed by atoms with E-state index in [4.69, 9.17) is 17.3 Å². The highest BCUT2D eigenvalue weighted by Crippen LogP contribution is 2.23. The Morgan fingerprint density at radius 1 is 1.45 bits per heavy atom. The van der Waals surface area contributed by atoms with Crippen LogP contribution in [0, 0.1) is 0 Å². The zero-order valence-corrected chi connectivity index (χ0v) is 14.1. The molecule has 1 atom stereocenters. The molecular formula is C13H21ClN2O2S2. The summed E-state index contributed by atoms with van der Waals surface area (Å²) in [6.45, 7) is 4.22. The van der Waals surface area contributed by atoms with E-state index in [9.17, 15) is 8.42 Å². The minimum Gasteiger partial charge on any atom is -0.326 e. The minimum atomic E-state index is -3.61. The SMILES string of the molecule is CCSCCC(C)NS(=O)(=O)c1cc(CN)ccc1Cl.